The lowest BCUT2D eigenvalue weighted by Gasteiger charge is -2.02. The molecule has 0 radical (unpaired) electrons. The molecule has 2 unspecified atom stereocenters. The van der Waals surface area contributed by atoms with Crippen molar-refractivity contribution in [2.24, 2.45) is 11.3 Å². The summed E-state index contributed by atoms with van der Waals surface area (Å²) in [6.07, 6.45) is 1.15. The predicted molar refractivity (Wildman–Crippen MR) is 60.1 cm³/mol. The van der Waals surface area contributed by atoms with Crippen molar-refractivity contribution in [3.63, 3.8) is 0 Å². The van der Waals surface area contributed by atoms with Gasteiger partial charge in [-0.25, -0.2) is 9.78 Å². The Bertz CT molecular complexity index is 490. The van der Waals surface area contributed by atoms with Crippen molar-refractivity contribution in [3.05, 3.63) is 17.8 Å². The third-order valence-electron chi connectivity index (χ3n) is 3.44. The summed E-state index contributed by atoms with van der Waals surface area (Å²) < 4.78 is 10.1. The number of esters is 1. The van der Waals surface area contributed by atoms with E-state index in [9.17, 15) is 9.59 Å². The quantitative estimate of drug-likeness (QED) is 0.821. The standard InChI is InChI=1S/C12H15NO5/c1-4-17-11(16)8-9(18-5-13-8)6-7(10(14)15)12(6,2)3/h5-7H,4H2,1-3H3,(H,14,15). The lowest BCUT2D eigenvalue weighted by molar-refractivity contribution is -0.139. The van der Waals surface area contributed by atoms with E-state index < -0.39 is 23.3 Å². The number of rotatable bonds is 4. The van der Waals surface area contributed by atoms with Crippen molar-refractivity contribution in [2.45, 2.75) is 26.7 Å². The van der Waals surface area contributed by atoms with E-state index in [1.807, 2.05) is 13.8 Å². The van der Waals surface area contributed by atoms with E-state index in [0.29, 0.717) is 5.76 Å². The largest absolute Gasteiger partial charge is 0.481 e. The van der Waals surface area contributed by atoms with Crippen molar-refractivity contribution in [1.29, 1.82) is 0 Å². The molecule has 1 saturated carbocycles. The van der Waals surface area contributed by atoms with Crippen LogP contribution in [0.15, 0.2) is 10.8 Å². The minimum absolute atomic E-state index is 0.0821. The van der Waals surface area contributed by atoms with Gasteiger partial charge in [0, 0.05) is 5.92 Å². The van der Waals surface area contributed by atoms with Gasteiger partial charge in [-0.15, -0.1) is 0 Å². The molecule has 1 fully saturated rings. The minimum Gasteiger partial charge on any atom is -0.481 e. The lowest BCUT2D eigenvalue weighted by Crippen LogP contribution is -2.08. The maximum absolute atomic E-state index is 11.7. The number of carbonyl (C=O) groups is 2. The molecular formula is C12H15NO5. The number of hydrogen-bond acceptors (Lipinski definition) is 5. The van der Waals surface area contributed by atoms with Crippen LogP contribution in [0.2, 0.25) is 0 Å². The van der Waals surface area contributed by atoms with Crippen molar-refractivity contribution >= 4 is 11.9 Å². The summed E-state index contributed by atoms with van der Waals surface area (Å²) in [6.45, 7) is 5.59. The highest BCUT2D eigenvalue weighted by Crippen LogP contribution is 2.64. The highest BCUT2D eigenvalue weighted by atomic mass is 16.5. The summed E-state index contributed by atoms with van der Waals surface area (Å²) in [5.41, 5.74) is -0.356. The Kier molecular flexibility index (Phi) is 2.88. The molecule has 1 aliphatic carbocycles. The molecule has 18 heavy (non-hydrogen) atoms. The fourth-order valence-electron chi connectivity index (χ4n) is 2.42. The third kappa shape index (κ3) is 1.77. The molecule has 0 spiro atoms. The number of ether oxygens (including phenoxy) is 1. The van der Waals surface area contributed by atoms with Gasteiger partial charge in [0.2, 0.25) is 0 Å². The van der Waals surface area contributed by atoms with Crippen LogP contribution in [0.1, 0.15) is 42.9 Å². The Labute approximate surface area is 104 Å². The fourth-order valence-corrected chi connectivity index (χ4v) is 2.42. The van der Waals surface area contributed by atoms with Gasteiger partial charge in [0.15, 0.2) is 12.1 Å². The van der Waals surface area contributed by atoms with Crippen LogP contribution in [0.4, 0.5) is 0 Å². The smallest absolute Gasteiger partial charge is 0.360 e. The first kappa shape index (κ1) is 12.6. The Balaban J connectivity index is 2.29. The Morgan fingerprint density at radius 3 is 2.72 bits per heavy atom. The number of carboxylic acid groups (broad SMARTS) is 1. The average molecular weight is 253 g/mol. The van der Waals surface area contributed by atoms with Crippen molar-refractivity contribution in [2.75, 3.05) is 6.61 Å². The summed E-state index contributed by atoms with van der Waals surface area (Å²) in [5.74, 6) is -2.05. The molecule has 6 heteroatoms. The fraction of sp³-hybridized carbons (Fsp3) is 0.583. The number of oxazole rings is 1. The van der Waals surface area contributed by atoms with Crippen molar-refractivity contribution in [3.8, 4) is 0 Å². The molecule has 1 heterocycles. The van der Waals surface area contributed by atoms with E-state index in [2.05, 4.69) is 4.98 Å². The summed E-state index contributed by atoms with van der Waals surface area (Å²) in [7, 11) is 0. The number of nitrogens with zero attached hydrogens (tertiary/aromatic N) is 1. The molecule has 1 N–H and O–H groups in total. The third-order valence-corrected chi connectivity index (χ3v) is 3.44. The molecule has 0 saturated heterocycles. The van der Waals surface area contributed by atoms with Crippen molar-refractivity contribution < 1.29 is 23.8 Å². The van der Waals surface area contributed by atoms with Gasteiger partial charge >= 0.3 is 11.9 Å². The van der Waals surface area contributed by atoms with Gasteiger partial charge in [-0.05, 0) is 12.3 Å². The summed E-state index contributed by atoms with van der Waals surface area (Å²) in [5, 5.41) is 9.11. The van der Waals surface area contributed by atoms with Crippen LogP contribution >= 0.6 is 0 Å². The van der Waals surface area contributed by atoms with Crippen LogP contribution in [0.25, 0.3) is 0 Å². The predicted octanol–water partition coefficient (Wildman–Crippen LogP) is 1.68. The molecule has 6 nitrogen and oxygen atoms in total. The SMILES string of the molecule is CCOC(=O)c1ncoc1C1C(C(=O)O)C1(C)C. The van der Waals surface area contributed by atoms with Gasteiger partial charge in [-0.1, -0.05) is 13.8 Å². The second-order valence-electron chi connectivity index (χ2n) is 4.90. The average Bonchev–Trinajstić information content (AvgIpc) is 2.67. The Morgan fingerprint density at radius 1 is 1.56 bits per heavy atom. The van der Waals surface area contributed by atoms with Gasteiger partial charge in [0.1, 0.15) is 5.76 Å². The van der Waals surface area contributed by atoms with Gasteiger partial charge in [0.25, 0.3) is 0 Å². The number of carbonyl (C=O) groups excluding carboxylic acids is 1. The lowest BCUT2D eigenvalue weighted by atomic mass is 10.1. The highest BCUT2D eigenvalue weighted by Gasteiger charge is 2.65. The number of carboxylic acids is 1. The van der Waals surface area contributed by atoms with Gasteiger partial charge in [0.05, 0.1) is 12.5 Å². The molecule has 0 bridgehead atoms. The summed E-state index contributed by atoms with van der Waals surface area (Å²) >= 11 is 0. The van der Waals surface area contributed by atoms with Crippen LogP contribution in [0.5, 0.6) is 0 Å². The zero-order valence-corrected chi connectivity index (χ0v) is 10.5. The molecule has 0 amide bonds. The van der Waals surface area contributed by atoms with E-state index in [-0.39, 0.29) is 18.2 Å². The van der Waals surface area contributed by atoms with E-state index in [1.54, 1.807) is 6.92 Å². The first-order chi connectivity index (χ1) is 8.41. The van der Waals surface area contributed by atoms with Gasteiger partial charge in [-0.3, -0.25) is 4.79 Å². The molecule has 2 rings (SSSR count). The molecule has 98 valence electrons. The topological polar surface area (TPSA) is 89.6 Å². The summed E-state index contributed by atoms with van der Waals surface area (Å²) in [6, 6.07) is 0. The second kappa shape index (κ2) is 4.12. The van der Waals surface area contributed by atoms with Crippen LogP contribution in [-0.2, 0) is 9.53 Å². The maximum atomic E-state index is 11.7. The first-order valence-electron chi connectivity index (χ1n) is 5.74. The number of aliphatic carboxylic acids is 1. The zero-order valence-electron chi connectivity index (χ0n) is 10.5. The zero-order chi connectivity index (χ0) is 13.5. The molecule has 1 aromatic rings. The molecule has 0 aliphatic heterocycles. The van der Waals surface area contributed by atoms with Gasteiger partial charge in [-0.2, -0.15) is 0 Å². The first-order valence-corrected chi connectivity index (χ1v) is 5.74. The van der Waals surface area contributed by atoms with E-state index >= 15 is 0 Å². The van der Waals surface area contributed by atoms with Crippen molar-refractivity contribution in [1.82, 2.24) is 4.98 Å². The van der Waals surface area contributed by atoms with Crippen LogP contribution < -0.4 is 0 Å². The van der Waals surface area contributed by atoms with E-state index in [1.165, 1.54) is 0 Å². The maximum Gasteiger partial charge on any atom is 0.360 e. The molecular weight excluding hydrogens is 238 g/mol. The highest BCUT2D eigenvalue weighted by molar-refractivity contribution is 5.89. The molecule has 1 aromatic heterocycles. The second-order valence-corrected chi connectivity index (χ2v) is 4.90. The molecule has 2 atom stereocenters. The van der Waals surface area contributed by atoms with Crippen LogP contribution in [-0.4, -0.2) is 28.6 Å². The number of hydrogen-bond donors (Lipinski definition) is 1. The number of aromatic nitrogens is 1. The molecule has 0 aromatic carbocycles. The van der Waals surface area contributed by atoms with Gasteiger partial charge < -0.3 is 14.3 Å². The van der Waals surface area contributed by atoms with E-state index in [4.69, 9.17) is 14.3 Å². The summed E-state index contributed by atoms with van der Waals surface area (Å²) in [4.78, 5) is 26.6. The normalized spacial score (nSPS) is 24.6. The van der Waals surface area contributed by atoms with Crippen LogP contribution in [0.3, 0.4) is 0 Å². The van der Waals surface area contributed by atoms with Crippen LogP contribution in [0, 0.1) is 11.3 Å². The Morgan fingerprint density at radius 2 is 2.22 bits per heavy atom. The monoisotopic (exact) mass is 253 g/mol. The molecule has 1 aliphatic rings. The van der Waals surface area contributed by atoms with E-state index in [0.717, 1.165) is 6.39 Å². The minimum atomic E-state index is -0.892. The Hall–Kier alpha value is -1.85.